The summed E-state index contributed by atoms with van der Waals surface area (Å²) in [6, 6.07) is 12.2. The number of halogens is 1. The van der Waals surface area contributed by atoms with Gasteiger partial charge in [0.15, 0.2) is 0 Å². The van der Waals surface area contributed by atoms with Crippen LogP contribution in [0.15, 0.2) is 53.4 Å². The molecule has 0 saturated carbocycles. The van der Waals surface area contributed by atoms with E-state index in [1.54, 1.807) is 12.1 Å². The SMILES string of the molecule is CS(=O)(=O)N(CC(=O)Nc1ccc(S(=O)(=O)N2CCCCCC2)cc1)c1ccccc1Cl. The van der Waals surface area contributed by atoms with Gasteiger partial charge in [0.25, 0.3) is 0 Å². The lowest BCUT2D eigenvalue weighted by atomic mass is 10.2. The van der Waals surface area contributed by atoms with E-state index < -0.39 is 32.5 Å². The molecular formula is C21H26ClN3O5S2. The molecule has 0 bridgehead atoms. The first-order chi connectivity index (χ1) is 15.1. The van der Waals surface area contributed by atoms with Crippen molar-refractivity contribution < 1.29 is 21.6 Å². The molecule has 0 aromatic heterocycles. The summed E-state index contributed by atoms with van der Waals surface area (Å²) >= 11 is 6.10. The summed E-state index contributed by atoms with van der Waals surface area (Å²) in [6.45, 7) is 0.533. The second-order valence-corrected chi connectivity index (χ2v) is 11.9. The molecule has 1 amide bonds. The average Bonchev–Trinajstić information content (AvgIpc) is 3.02. The Balaban J connectivity index is 1.72. The maximum absolute atomic E-state index is 12.9. The summed E-state index contributed by atoms with van der Waals surface area (Å²) in [6.07, 6.45) is 4.72. The van der Waals surface area contributed by atoms with Crippen LogP contribution in [0.4, 0.5) is 11.4 Å². The van der Waals surface area contributed by atoms with E-state index in [-0.39, 0.29) is 15.6 Å². The zero-order valence-corrected chi connectivity index (χ0v) is 20.1. The van der Waals surface area contributed by atoms with E-state index in [2.05, 4.69) is 5.32 Å². The van der Waals surface area contributed by atoms with Crippen LogP contribution in [0, 0.1) is 0 Å². The number of anilines is 2. The Morgan fingerprint density at radius 3 is 2.12 bits per heavy atom. The molecule has 1 heterocycles. The van der Waals surface area contributed by atoms with Crippen molar-refractivity contribution in [3.8, 4) is 0 Å². The molecule has 32 heavy (non-hydrogen) atoms. The summed E-state index contributed by atoms with van der Waals surface area (Å²) in [5.41, 5.74) is 0.558. The van der Waals surface area contributed by atoms with Gasteiger partial charge < -0.3 is 5.32 Å². The van der Waals surface area contributed by atoms with E-state index in [9.17, 15) is 21.6 Å². The van der Waals surface area contributed by atoms with Crippen LogP contribution < -0.4 is 9.62 Å². The molecule has 1 N–H and O–H groups in total. The molecule has 1 aliphatic heterocycles. The topological polar surface area (TPSA) is 104 Å². The minimum atomic E-state index is -3.77. The first kappa shape index (κ1) is 24.5. The van der Waals surface area contributed by atoms with E-state index in [0.29, 0.717) is 18.8 Å². The molecule has 1 fully saturated rings. The van der Waals surface area contributed by atoms with Crippen molar-refractivity contribution in [3.05, 3.63) is 53.6 Å². The highest BCUT2D eigenvalue weighted by Crippen LogP contribution is 2.27. The van der Waals surface area contributed by atoms with Crippen LogP contribution in [0.25, 0.3) is 0 Å². The molecule has 2 aromatic rings. The summed E-state index contributed by atoms with van der Waals surface area (Å²) < 4.78 is 52.6. The zero-order valence-electron chi connectivity index (χ0n) is 17.7. The second-order valence-electron chi connectivity index (χ2n) is 7.61. The number of amides is 1. The number of benzene rings is 2. The quantitative estimate of drug-likeness (QED) is 0.629. The Labute approximate surface area is 194 Å². The Bertz CT molecular complexity index is 1160. The van der Waals surface area contributed by atoms with Crippen LogP contribution in [-0.2, 0) is 24.8 Å². The zero-order chi connectivity index (χ0) is 23.4. The van der Waals surface area contributed by atoms with Gasteiger partial charge in [0.1, 0.15) is 6.54 Å². The smallest absolute Gasteiger partial charge is 0.245 e. The van der Waals surface area contributed by atoms with Gasteiger partial charge in [0, 0.05) is 18.8 Å². The van der Waals surface area contributed by atoms with Crippen LogP contribution in [0.1, 0.15) is 25.7 Å². The Hall–Kier alpha value is -2.14. The molecule has 3 rings (SSSR count). The van der Waals surface area contributed by atoms with Gasteiger partial charge in [-0.15, -0.1) is 0 Å². The number of hydrogen-bond donors (Lipinski definition) is 1. The Morgan fingerprint density at radius 2 is 1.56 bits per heavy atom. The van der Waals surface area contributed by atoms with Gasteiger partial charge in [0.2, 0.25) is 26.0 Å². The number of hydrogen-bond acceptors (Lipinski definition) is 5. The van der Waals surface area contributed by atoms with Crippen LogP contribution >= 0.6 is 11.6 Å². The molecule has 174 valence electrons. The Morgan fingerprint density at radius 1 is 0.969 bits per heavy atom. The minimum absolute atomic E-state index is 0.159. The lowest BCUT2D eigenvalue weighted by Gasteiger charge is -2.23. The van der Waals surface area contributed by atoms with E-state index in [4.69, 9.17) is 11.6 Å². The predicted molar refractivity (Wildman–Crippen MR) is 126 cm³/mol. The van der Waals surface area contributed by atoms with Gasteiger partial charge in [-0.05, 0) is 49.2 Å². The van der Waals surface area contributed by atoms with Crippen molar-refractivity contribution in [1.29, 1.82) is 0 Å². The fourth-order valence-corrected chi connectivity index (χ4v) is 6.18. The summed E-state index contributed by atoms with van der Waals surface area (Å²) in [4.78, 5) is 12.7. The first-order valence-corrected chi connectivity index (χ1v) is 13.9. The number of carbonyl (C=O) groups excluding carboxylic acids is 1. The molecular weight excluding hydrogens is 474 g/mol. The fourth-order valence-electron chi connectivity index (χ4n) is 3.51. The van der Waals surface area contributed by atoms with Crippen LogP contribution in [0.2, 0.25) is 5.02 Å². The van der Waals surface area contributed by atoms with Crippen molar-refractivity contribution in [3.63, 3.8) is 0 Å². The van der Waals surface area contributed by atoms with Crippen LogP contribution in [-0.4, -0.2) is 52.9 Å². The molecule has 0 atom stereocenters. The molecule has 2 aromatic carbocycles. The largest absolute Gasteiger partial charge is 0.325 e. The third-order valence-electron chi connectivity index (χ3n) is 5.15. The number of nitrogens with one attached hydrogen (secondary N) is 1. The summed E-state index contributed by atoms with van der Waals surface area (Å²) in [5.74, 6) is -0.585. The molecule has 8 nitrogen and oxygen atoms in total. The van der Waals surface area contributed by atoms with Gasteiger partial charge in [0.05, 0.1) is 21.9 Å². The molecule has 0 spiro atoms. The number of carbonyl (C=O) groups is 1. The standard InChI is InChI=1S/C21H26ClN3O5S2/c1-31(27,28)25(20-9-5-4-8-19(20)22)16-21(26)23-17-10-12-18(13-11-17)32(29,30)24-14-6-2-3-7-15-24/h4-5,8-13H,2-3,6-7,14-16H2,1H3,(H,23,26). The highest BCUT2D eigenvalue weighted by molar-refractivity contribution is 7.92. The number of sulfonamides is 2. The van der Waals surface area contributed by atoms with Crippen LogP contribution in [0.3, 0.4) is 0 Å². The van der Waals surface area contributed by atoms with Crippen molar-refractivity contribution in [2.45, 2.75) is 30.6 Å². The van der Waals surface area contributed by atoms with E-state index >= 15 is 0 Å². The highest BCUT2D eigenvalue weighted by atomic mass is 35.5. The lowest BCUT2D eigenvalue weighted by molar-refractivity contribution is -0.114. The maximum Gasteiger partial charge on any atom is 0.245 e. The maximum atomic E-state index is 12.9. The van der Waals surface area contributed by atoms with Crippen molar-refractivity contribution in [2.24, 2.45) is 0 Å². The van der Waals surface area contributed by atoms with Gasteiger partial charge in [-0.1, -0.05) is 36.6 Å². The molecule has 0 radical (unpaired) electrons. The molecule has 0 unspecified atom stereocenters. The monoisotopic (exact) mass is 499 g/mol. The van der Waals surface area contributed by atoms with E-state index in [1.807, 2.05) is 0 Å². The molecule has 1 saturated heterocycles. The first-order valence-electron chi connectivity index (χ1n) is 10.2. The van der Waals surface area contributed by atoms with Crippen LogP contribution in [0.5, 0.6) is 0 Å². The highest BCUT2D eigenvalue weighted by Gasteiger charge is 2.26. The number of nitrogens with zero attached hydrogens (tertiary/aromatic N) is 2. The van der Waals surface area contributed by atoms with Gasteiger partial charge in [-0.3, -0.25) is 9.10 Å². The van der Waals surface area contributed by atoms with Gasteiger partial charge in [-0.2, -0.15) is 4.31 Å². The second kappa shape index (κ2) is 10.2. The van der Waals surface area contributed by atoms with Gasteiger partial charge in [-0.25, -0.2) is 16.8 Å². The lowest BCUT2D eigenvalue weighted by Crippen LogP contribution is -2.37. The normalized spacial score (nSPS) is 15.7. The van der Waals surface area contributed by atoms with Crippen molar-refractivity contribution in [1.82, 2.24) is 4.31 Å². The number of para-hydroxylation sites is 1. The summed E-state index contributed by atoms with van der Waals surface area (Å²) in [5, 5.41) is 2.81. The fraction of sp³-hybridized carbons (Fsp3) is 0.381. The predicted octanol–water partition coefficient (Wildman–Crippen LogP) is 3.31. The molecule has 0 aliphatic carbocycles. The molecule has 11 heteroatoms. The van der Waals surface area contributed by atoms with E-state index in [1.165, 1.54) is 40.7 Å². The third kappa shape index (κ3) is 6.00. The van der Waals surface area contributed by atoms with Crippen molar-refractivity contribution >= 4 is 48.9 Å². The minimum Gasteiger partial charge on any atom is -0.325 e. The Kier molecular flexibility index (Phi) is 7.81. The summed E-state index contributed by atoms with van der Waals surface area (Å²) in [7, 11) is -7.36. The van der Waals surface area contributed by atoms with Crippen molar-refractivity contribution in [2.75, 3.05) is 35.5 Å². The van der Waals surface area contributed by atoms with Gasteiger partial charge >= 0.3 is 0 Å². The molecule has 1 aliphatic rings. The number of rotatable bonds is 7. The average molecular weight is 500 g/mol. The third-order valence-corrected chi connectivity index (χ3v) is 8.51. The van der Waals surface area contributed by atoms with E-state index in [0.717, 1.165) is 36.2 Å².